The number of hydrogen-bond acceptors (Lipinski definition) is 5. The van der Waals surface area contributed by atoms with Gasteiger partial charge in [-0.1, -0.05) is 18.2 Å². The lowest BCUT2D eigenvalue weighted by atomic mass is 10.2. The van der Waals surface area contributed by atoms with Crippen molar-refractivity contribution in [2.75, 3.05) is 12.4 Å². The fourth-order valence-electron chi connectivity index (χ4n) is 2.97. The van der Waals surface area contributed by atoms with Crippen molar-refractivity contribution in [1.29, 1.82) is 0 Å². The van der Waals surface area contributed by atoms with E-state index >= 15 is 0 Å². The fourth-order valence-corrected chi connectivity index (χ4v) is 2.97. The average Bonchev–Trinajstić information content (AvgIpc) is 3.09. The first-order valence-corrected chi connectivity index (χ1v) is 8.55. The van der Waals surface area contributed by atoms with E-state index < -0.39 is 11.5 Å². The lowest BCUT2D eigenvalue weighted by Crippen LogP contribution is -2.27. The van der Waals surface area contributed by atoms with Crippen LogP contribution in [0.1, 0.15) is 10.4 Å². The molecule has 2 aromatic heterocycles. The molecule has 0 aliphatic heterocycles. The van der Waals surface area contributed by atoms with Gasteiger partial charge in [-0.15, -0.1) is 0 Å². The number of hydrogen-bond donors (Lipinski definition) is 2. The van der Waals surface area contributed by atoms with E-state index in [0.717, 1.165) is 5.39 Å². The monoisotopic (exact) mass is 376 g/mol. The van der Waals surface area contributed by atoms with Crippen LogP contribution in [0.4, 0.5) is 5.69 Å². The highest BCUT2D eigenvalue weighted by atomic mass is 16.3. The van der Waals surface area contributed by atoms with Crippen molar-refractivity contribution in [2.45, 2.75) is 6.54 Å². The minimum absolute atomic E-state index is 0.109. The predicted octanol–water partition coefficient (Wildman–Crippen LogP) is 2.14. The lowest BCUT2D eigenvalue weighted by Gasteiger charge is -2.08. The van der Waals surface area contributed by atoms with Gasteiger partial charge in [0.2, 0.25) is 11.5 Å². The number of rotatable bonds is 4. The summed E-state index contributed by atoms with van der Waals surface area (Å²) in [5.41, 5.74) is 1.58. The summed E-state index contributed by atoms with van der Waals surface area (Å²) < 4.78 is 6.79. The highest BCUT2D eigenvalue weighted by Crippen LogP contribution is 2.24. The zero-order chi connectivity index (χ0) is 19.7. The first-order valence-electron chi connectivity index (χ1n) is 8.55. The Morgan fingerprint density at radius 1 is 1.14 bits per heavy atom. The van der Waals surface area contributed by atoms with Crippen LogP contribution in [0.2, 0.25) is 0 Å². The van der Waals surface area contributed by atoms with Crippen LogP contribution in [-0.4, -0.2) is 28.4 Å². The van der Waals surface area contributed by atoms with E-state index in [2.05, 4.69) is 15.6 Å². The van der Waals surface area contributed by atoms with Gasteiger partial charge in [0.15, 0.2) is 0 Å². The Hall–Kier alpha value is -3.94. The molecule has 0 spiro atoms. The Labute approximate surface area is 158 Å². The van der Waals surface area contributed by atoms with Gasteiger partial charge >= 0.3 is 0 Å². The van der Waals surface area contributed by atoms with Gasteiger partial charge in [-0.05, 0) is 30.3 Å². The maximum Gasteiger partial charge on any atom is 0.297 e. The number of benzene rings is 2. The quantitative estimate of drug-likeness (QED) is 0.568. The Balaban J connectivity index is 1.59. The second-order valence-electron chi connectivity index (χ2n) is 6.16. The van der Waals surface area contributed by atoms with E-state index in [4.69, 9.17) is 4.42 Å². The molecule has 0 radical (unpaired) electrons. The van der Waals surface area contributed by atoms with Crippen molar-refractivity contribution >= 4 is 39.6 Å². The number of nitrogens with one attached hydrogen (secondary N) is 2. The molecule has 0 aliphatic carbocycles. The number of para-hydroxylation sites is 1. The van der Waals surface area contributed by atoms with Gasteiger partial charge < -0.3 is 15.1 Å². The Morgan fingerprint density at radius 2 is 1.96 bits per heavy atom. The molecule has 0 atom stereocenters. The highest BCUT2D eigenvalue weighted by molar-refractivity contribution is 6.02. The molecule has 0 bridgehead atoms. The maximum atomic E-state index is 12.7. The number of fused-ring (bicyclic) bond motifs is 3. The molecule has 28 heavy (non-hydrogen) atoms. The first kappa shape index (κ1) is 17.5. The highest BCUT2D eigenvalue weighted by Gasteiger charge is 2.15. The van der Waals surface area contributed by atoms with Crippen LogP contribution in [0.3, 0.4) is 0 Å². The third-order valence-electron chi connectivity index (χ3n) is 4.30. The number of nitrogens with zero attached hydrogens (tertiary/aromatic N) is 2. The van der Waals surface area contributed by atoms with E-state index in [1.165, 1.54) is 17.9 Å². The van der Waals surface area contributed by atoms with Crippen molar-refractivity contribution < 1.29 is 14.0 Å². The molecular weight excluding hydrogens is 360 g/mol. The molecule has 0 saturated carbocycles. The number of aromatic nitrogens is 2. The molecule has 4 rings (SSSR count). The van der Waals surface area contributed by atoms with Crippen LogP contribution >= 0.6 is 0 Å². The normalized spacial score (nSPS) is 10.9. The largest absolute Gasteiger partial charge is 0.448 e. The SMILES string of the molecule is CNC(=O)c1cccc(NC(=O)Cn2cnc3c(oc4ccccc43)c2=O)c1. The van der Waals surface area contributed by atoms with Crippen LogP contribution in [0.25, 0.3) is 22.1 Å². The summed E-state index contributed by atoms with van der Waals surface area (Å²) in [4.78, 5) is 41.0. The molecule has 2 amide bonds. The molecule has 8 nitrogen and oxygen atoms in total. The van der Waals surface area contributed by atoms with Crippen molar-refractivity contribution in [2.24, 2.45) is 0 Å². The van der Waals surface area contributed by atoms with Crippen LogP contribution < -0.4 is 16.2 Å². The van der Waals surface area contributed by atoms with E-state index in [9.17, 15) is 14.4 Å². The second-order valence-corrected chi connectivity index (χ2v) is 6.16. The molecule has 0 aliphatic rings. The van der Waals surface area contributed by atoms with Gasteiger partial charge in [-0.25, -0.2) is 4.98 Å². The van der Waals surface area contributed by atoms with E-state index in [-0.39, 0.29) is 18.0 Å². The molecule has 8 heteroatoms. The number of furan rings is 1. The Kier molecular flexibility index (Phi) is 4.36. The number of carbonyl (C=O) groups is 2. The van der Waals surface area contributed by atoms with Crippen molar-refractivity contribution in [1.82, 2.24) is 14.9 Å². The number of carbonyl (C=O) groups excluding carboxylic acids is 2. The van der Waals surface area contributed by atoms with E-state index in [1.807, 2.05) is 18.2 Å². The predicted molar refractivity (Wildman–Crippen MR) is 104 cm³/mol. The summed E-state index contributed by atoms with van der Waals surface area (Å²) in [6, 6.07) is 13.7. The van der Waals surface area contributed by atoms with Gasteiger partial charge in [0.25, 0.3) is 11.5 Å². The van der Waals surface area contributed by atoms with Crippen LogP contribution in [0.5, 0.6) is 0 Å². The summed E-state index contributed by atoms with van der Waals surface area (Å²) in [5.74, 6) is -0.680. The Morgan fingerprint density at radius 3 is 2.79 bits per heavy atom. The first-order chi connectivity index (χ1) is 13.6. The van der Waals surface area contributed by atoms with Gasteiger partial charge in [0, 0.05) is 23.7 Å². The summed E-state index contributed by atoms with van der Waals surface area (Å²) >= 11 is 0. The molecule has 0 saturated heterocycles. The molecule has 0 fully saturated rings. The third-order valence-corrected chi connectivity index (χ3v) is 4.30. The Bertz CT molecular complexity index is 1270. The van der Waals surface area contributed by atoms with Crippen LogP contribution in [0.15, 0.2) is 64.1 Å². The second kappa shape index (κ2) is 6.99. The molecule has 140 valence electrons. The molecule has 2 heterocycles. The van der Waals surface area contributed by atoms with Crippen molar-refractivity contribution in [3.63, 3.8) is 0 Å². The summed E-state index contributed by atoms with van der Waals surface area (Å²) in [6.45, 7) is -0.233. The van der Waals surface area contributed by atoms with Gasteiger partial charge in [-0.2, -0.15) is 0 Å². The summed E-state index contributed by atoms with van der Waals surface area (Å²) in [6.07, 6.45) is 1.33. The van der Waals surface area contributed by atoms with Crippen molar-refractivity contribution in [3.8, 4) is 0 Å². The zero-order valence-electron chi connectivity index (χ0n) is 14.9. The van der Waals surface area contributed by atoms with Gasteiger partial charge in [-0.3, -0.25) is 19.0 Å². The summed E-state index contributed by atoms with van der Waals surface area (Å²) in [7, 11) is 1.53. The van der Waals surface area contributed by atoms with Gasteiger partial charge in [0.1, 0.15) is 17.6 Å². The standard InChI is InChI=1S/C20H16N4O4/c1-21-19(26)12-5-4-6-13(9-12)23-16(25)10-24-11-22-17-14-7-2-3-8-15(14)28-18(17)20(24)27/h2-9,11H,10H2,1H3,(H,21,26)(H,23,25). The minimum Gasteiger partial charge on any atom is -0.448 e. The number of anilines is 1. The van der Waals surface area contributed by atoms with E-state index in [0.29, 0.717) is 22.4 Å². The molecular formula is C20H16N4O4. The molecule has 2 aromatic carbocycles. The minimum atomic E-state index is -0.435. The number of amides is 2. The summed E-state index contributed by atoms with van der Waals surface area (Å²) in [5, 5.41) is 5.94. The van der Waals surface area contributed by atoms with Crippen LogP contribution in [0, 0.1) is 0 Å². The molecule has 4 aromatic rings. The van der Waals surface area contributed by atoms with Gasteiger partial charge in [0.05, 0.1) is 6.33 Å². The fraction of sp³-hybridized carbons (Fsp3) is 0.100. The topological polar surface area (TPSA) is 106 Å². The zero-order valence-corrected chi connectivity index (χ0v) is 14.9. The average molecular weight is 376 g/mol. The van der Waals surface area contributed by atoms with Crippen molar-refractivity contribution in [3.05, 3.63) is 70.8 Å². The lowest BCUT2D eigenvalue weighted by molar-refractivity contribution is -0.116. The smallest absolute Gasteiger partial charge is 0.297 e. The molecule has 0 unspecified atom stereocenters. The third kappa shape index (κ3) is 3.11. The molecule has 2 N–H and O–H groups in total. The van der Waals surface area contributed by atoms with E-state index in [1.54, 1.807) is 30.3 Å². The maximum absolute atomic E-state index is 12.7. The van der Waals surface area contributed by atoms with Crippen LogP contribution in [-0.2, 0) is 11.3 Å².